The van der Waals surface area contributed by atoms with E-state index in [1.807, 2.05) is 6.21 Å². The van der Waals surface area contributed by atoms with Crippen LogP contribution in [0.25, 0.3) is 10.9 Å². The molecule has 1 N–H and O–H groups in total. The maximum atomic E-state index is 13.2. The van der Waals surface area contributed by atoms with Crippen molar-refractivity contribution < 1.29 is 4.39 Å². The molecule has 1 saturated carbocycles. The Balaban J connectivity index is 1.88. The normalized spacial score (nSPS) is 22.3. The lowest BCUT2D eigenvalue weighted by molar-refractivity contribution is 0.197. The van der Waals surface area contributed by atoms with Crippen LogP contribution < -0.4 is 5.56 Å². The molecule has 3 rings (SSSR count). The van der Waals surface area contributed by atoms with Gasteiger partial charge in [0.25, 0.3) is 5.56 Å². The molecule has 0 spiro atoms. The Labute approximate surface area is 134 Å². The van der Waals surface area contributed by atoms with Gasteiger partial charge in [0.15, 0.2) is 0 Å². The first kappa shape index (κ1) is 15.8. The second-order valence-corrected chi connectivity index (χ2v) is 6.31. The second-order valence-electron chi connectivity index (χ2n) is 6.31. The molecular weight excluding hydrogens is 295 g/mol. The van der Waals surface area contributed by atoms with Gasteiger partial charge in [-0.25, -0.2) is 14.4 Å². The number of halogens is 1. The van der Waals surface area contributed by atoms with Crippen molar-refractivity contribution in [3.8, 4) is 0 Å². The molecule has 1 aliphatic rings. The van der Waals surface area contributed by atoms with Crippen molar-refractivity contribution in [3.05, 3.63) is 34.4 Å². The quantitative estimate of drug-likeness (QED) is 0.886. The first-order valence-electron chi connectivity index (χ1n) is 7.95. The van der Waals surface area contributed by atoms with Crippen LogP contribution in [0.4, 0.5) is 10.3 Å². The minimum absolute atomic E-state index is 0.243. The molecule has 0 aliphatic heterocycles. The van der Waals surface area contributed by atoms with Gasteiger partial charge in [-0.15, -0.1) is 0 Å². The van der Waals surface area contributed by atoms with Crippen molar-refractivity contribution >= 4 is 23.1 Å². The summed E-state index contributed by atoms with van der Waals surface area (Å²) in [4.78, 5) is 25.6. The molecule has 2 aromatic rings. The Morgan fingerprint density at radius 1 is 1.35 bits per heavy atom. The Bertz CT molecular complexity index is 784. The van der Waals surface area contributed by atoms with Crippen LogP contribution in [0.1, 0.15) is 25.7 Å². The highest BCUT2D eigenvalue weighted by Crippen LogP contribution is 2.26. The maximum absolute atomic E-state index is 13.2. The number of benzene rings is 1. The van der Waals surface area contributed by atoms with Crippen LogP contribution in [0.5, 0.6) is 0 Å². The molecule has 2 atom stereocenters. The summed E-state index contributed by atoms with van der Waals surface area (Å²) < 4.78 is 13.2. The van der Waals surface area contributed by atoms with Gasteiger partial charge in [-0.2, -0.15) is 0 Å². The van der Waals surface area contributed by atoms with Crippen molar-refractivity contribution in [3.63, 3.8) is 0 Å². The van der Waals surface area contributed by atoms with Gasteiger partial charge in [0.05, 0.1) is 10.9 Å². The second kappa shape index (κ2) is 6.58. The van der Waals surface area contributed by atoms with Gasteiger partial charge in [0.2, 0.25) is 5.95 Å². The zero-order chi connectivity index (χ0) is 16.4. The highest BCUT2D eigenvalue weighted by Gasteiger charge is 2.25. The number of aromatic amines is 1. The number of aromatic nitrogens is 2. The molecule has 5 nitrogen and oxygen atoms in total. The topological polar surface area (TPSA) is 61.4 Å². The first-order chi connectivity index (χ1) is 11.0. The lowest BCUT2D eigenvalue weighted by atomic mass is 9.84. The molecule has 1 aromatic heterocycles. The zero-order valence-corrected chi connectivity index (χ0v) is 13.4. The summed E-state index contributed by atoms with van der Waals surface area (Å²) in [5.74, 6) is 0.183. The standard InChI is InChI=1S/C17H21FN4O/c1-22(2)15-6-4-3-5-11(15)10-19-17-20-14-8-7-12(18)9-13(14)16(23)21-17/h7-11,15H,3-6H2,1-2H3,(H,20,21,23)/t11?,15-/m1/s1. The molecule has 0 bridgehead atoms. The number of hydrogen-bond acceptors (Lipinski definition) is 4. The third-order valence-electron chi connectivity index (χ3n) is 4.49. The molecule has 1 aliphatic carbocycles. The van der Waals surface area contributed by atoms with E-state index in [4.69, 9.17) is 0 Å². The average molecular weight is 316 g/mol. The SMILES string of the molecule is CN(C)[C@@H]1CCCCC1C=Nc1nc2ccc(F)cc2c(=O)[nH]1. The number of H-pyrrole nitrogens is 1. The van der Waals surface area contributed by atoms with Gasteiger partial charge >= 0.3 is 0 Å². The Hall–Kier alpha value is -2.08. The molecule has 1 aromatic carbocycles. The summed E-state index contributed by atoms with van der Waals surface area (Å²) in [6.07, 6.45) is 6.59. The molecular formula is C17H21FN4O. The van der Waals surface area contributed by atoms with Gasteiger partial charge in [-0.05, 0) is 45.1 Å². The Morgan fingerprint density at radius 3 is 2.91 bits per heavy atom. The molecule has 122 valence electrons. The molecule has 1 unspecified atom stereocenters. The van der Waals surface area contributed by atoms with E-state index in [1.165, 1.54) is 31.0 Å². The fourth-order valence-corrected chi connectivity index (χ4v) is 3.28. The van der Waals surface area contributed by atoms with E-state index in [0.717, 1.165) is 12.8 Å². The van der Waals surface area contributed by atoms with Gasteiger partial charge in [-0.3, -0.25) is 9.78 Å². The van der Waals surface area contributed by atoms with Crippen LogP contribution in [0.15, 0.2) is 28.0 Å². The highest BCUT2D eigenvalue weighted by atomic mass is 19.1. The number of hydrogen-bond donors (Lipinski definition) is 1. The molecule has 0 saturated heterocycles. The molecule has 23 heavy (non-hydrogen) atoms. The van der Waals surface area contributed by atoms with Gasteiger partial charge in [0, 0.05) is 18.2 Å². The van der Waals surface area contributed by atoms with E-state index < -0.39 is 5.82 Å². The first-order valence-corrected chi connectivity index (χ1v) is 7.95. The van der Waals surface area contributed by atoms with Gasteiger partial charge in [-0.1, -0.05) is 12.8 Å². The minimum atomic E-state index is -0.447. The largest absolute Gasteiger partial charge is 0.306 e. The van der Waals surface area contributed by atoms with Crippen molar-refractivity contribution in [2.75, 3.05) is 14.1 Å². The van der Waals surface area contributed by atoms with Crippen molar-refractivity contribution in [1.82, 2.24) is 14.9 Å². The monoisotopic (exact) mass is 316 g/mol. The number of rotatable bonds is 3. The maximum Gasteiger partial charge on any atom is 0.260 e. The lowest BCUT2D eigenvalue weighted by Gasteiger charge is -2.33. The highest BCUT2D eigenvalue weighted by molar-refractivity contribution is 5.78. The molecule has 6 heteroatoms. The lowest BCUT2D eigenvalue weighted by Crippen LogP contribution is -2.38. The molecule has 0 amide bonds. The van der Waals surface area contributed by atoms with Crippen LogP contribution in [-0.2, 0) is 0 Å². The molecule has 1 fully saturated rings. The fourth-order valence-electron chi connectivity index (χ4n) is 3.28. The summed E-state index contributed by atoms with van der Waals surface area (Å²) in [5.41, 5.74) is 0.0876. The van der Waals surface area contributed by atoms with Gasteiger partial charge in [0.1, 0.15) is 5.82 Å². The minimum Gasteiger partial charge on any atom is -0.306 e. The summed E-state index contributed by atoms with van der Waals surface area (Å²) in [6, 6.07) is 4.46. The molecule has 0 radical (unpaired) electrons. The van der Waals surface area contributed by atoms with E-state index in [2.05, 4.69) is 34.0 Å². The predicted molar refractivity (Wildman–Crippen MR) is 89.9 cm³/mol. The van der Waals surface area contributed by atoms with Crippen molar-refractivity contribution in [2.45, 2.75) is 31.7 Å². The number of nitrogens with one attached hydrogen (secondary N) is 1. The summed E-state index contributed by atoms with van der Waals surface area (Å²) in [6.45, 7) is 0. The fraction of sp³-hybridized carbons (Fsp3) is 0.471. The van der Waals surface area contributed by atoms with Crippen LogP contribution in [0, 0.1) is 11.7 Å². The predicted octanol–water partition coefficient (Wildman–Crippen LogP) is 2.88. The number of aliphatic imine (C=N–C) groups is 1. The van der Waals surface area contributed by atoms with E-state index in [9.17, 15) is 9.18 Å². The average Bonchev–Trinajstić information content (AvgIpc) is 2.54. The van der Waals surface area contributed by atoms with Crippen molar-refractivity contribution in [2.24, 2.45) is 10.9 Å². The van der Waals surface area contributed by atoms with Gasteiger partial charge < -0.3 is 4.90 Å². The van der Waals surface area contributed by atoms with Crippen LogP contribution in [0.3, 0.4) is 0 Å². The summed E-state index contributed by atoms with van der Waals surface area (Å²) in [5, 5.41) is 0.243. The summed E-state index contributed by atoms with van der Waals surface area (Å²) in [7, 11) is 4.17. The third kappa shape index (κ3) is 3.47. The Kier molecular flexibility index (Phi) is 4.52. The summed E-state index contributed by atoms with van der Waals surface area (Å²) >= 11 is 0. The number of nitrogens with zero attached hydrogens (tertiary/aromatic N) is 3. The third-order valence-corrected chi connectivity index (χ3v) is 4.49. The van der Waals surface area contributed by atoms with E-state index in [-0.39, 0.29) is 16.9 Å². The van der Waals surface area contributed by atoms with Crippen molar-refractivity contribution in [1.29, 1.82) is 0 Å². The van der Waals surface area contributed by atoms with Crippen LogP contribution in [0.2, 0.25) is 0 Å². The van der Waals surface area contributed by atoms with E-state index in [1.54, 1.807) is 0 Å². The van der Waals surface area contributed by atoms with E-state index in [0.29, 0.717) is 17.5 Å². The van der Waals surface area contributed by atoms with E-state index >= 15 is 0 Å². The van der Waals surface area contributed by atoms with Crippen LogP contribution in [-0.4, -0.2) is 41.2 Å². The molecule has 1 heterocycles. The Morgan fingerprint density at radius 2 is 2.13 bits per heavy atom. The smallest absolute Gasteiger partial charge is 0.260 e. The van der Waals surface area contributed by atoms with Crippen LogP contribution >= 0.6 is 0 Å². The zero-order valence-electron chi connectivity index (χ0n) is 13.4. The number of fused-ring (bicyclic) bond motifs is 1.